The molecule has 0 aliphatic heterocycles. The van der Waals surface area contributed by atoms with Crippen LogP contribution in [-0.4, -0.2) is 30.3 Å². The number of oxazole rings is 1. The number of hydrogen-bond acceptors (Lipinski definition) is 5. The summed E-state index contributed by atoms with van der Waals surface area (Å²) in [7, 11) is 0. The summed E-state index contributed by atoms with van der Waals surface area (Å²) < 4.78 is 16.3. The van der Waals surface area contributed by atoms with Crippen LogP contribution in [-0.2, 0) is 15.9 Å². The molecule has 0 amide bonds. The van der Waals surface area contributed by atoms with Gasteiger partial charge in [0.2, 0.25) is 5.76 Å². The molecular formula is C16H25NO4. The zero-order valence-corrected chi connectivity index (χ0v) is 13.3. The highest BCUT2D eigenvalue weighted by molar-refractivity contribution is 5.87. The summed E-state index contributed by atoms with van der Waals surface area (Å²) in [6, 6.07) is 0. The van der Waals surface area contributed by atoms with Gasteiger partial charge in [0.1, 0.15) is 0 Å². The van der Waals surface area contributed by atoms with Crippen LogP contribution < -0.4 is 0 Å². The summed E-state index contributed by atoms with van der Waals surface area (Å²) in [4.78, 5) is 16.4. The normalized spacial score (nSPS) is 21.4. The maximum absolute atomic E-state index is 11.9. The first-order chi connectivity index (χ1) is 10.0. The van der Waals surface area contributed by atoms with Gasteiger partial charge in [-0.1, -0.05) is 13.8 Å². The first-order valence-electron chi connectivity index (χ1n) is 7.83. The third-order valence-corrected chi connectivity index (χ3v) is 3.76. The van der Waals surface area contributed by atoms with Gasteiger partial charge in [-0.05, 0) is 38.5 Å². The van der Waals surface area contributed by atoms with Crippen LogP contribution in [0.1, 0.15) is 68.6 Å². The smallest absolute Gasteiger partial charge is 0.376 e. The molecule has 0 saturated heterocycles. The lowest BCUT2D eigenvalue weighted by atomic mass is 9.80. The molecule has 2 rings (SSSR count). The highest BCUT2D eigenvalue weighted by atomic mass is 16.5. The van der Waals surface area contributed by atoms with Gasteiger partial charge in [0.15, 0.2) is 5.89 Å². The predicted octanol–water partition coefficient (Wildman–Crippen LogP) is 3.33. The lowest BCUT2D eigenvalue weighted by Gasteiger charge is -2.34. The van der Waals surface area contributed by atoms with Gasteiger partial charge in [0, 0.05) is 13.0 Å². The zero-order chi connectivity index (χ0) is 15.4. The first-order valence-corrected chi connectivity index (χ1v) is 7.83. The van der Waals surface area contributed by atoms with E-state index in [9.17, 15) is 4.79 Å². The van der Waals surface area contributed by atoms with Crippen LogP contribution in [0.15, 0.2) is 4.42 Å². The summed E-state index contributed by atoms with van der Waals surface area (Å²) in [5.41, 5.74) is 0.698. The van der Waals surface area contributed by atoms with Gasteiger partial charge in [-0.2, -0.15) is 0 Å². The number of carbonyl (C=O) groups is 1. The molecule has 1 aliphatic carbocycles. The van der Waals surface area contributed by atoms with Crippen molar-refractivity contribution in [2.45, 2.75) is 59.0 Å². The van der Waals surface area contributed by atoms with E-state index in [-0.39, 0.29) is 11.7 Å². The van der Waals surface area contributed by atoms with Gasteiger partial charge in [-0.25, -0.2) is 9.78 Å². The summed E-state index contributed by atoms with van der Waals surface area (Å²) >= 11 is 0. The minimum absolute atomic E-state index is 0.138. The number of rotatable bonds is 7. The van der Waals surface area contributed by atoms with Gasteiger partial charge in [-0.3, -0.25) is 0 Å². The quantitative estimate of drug-likeness (QED) is 0.722. The summed E-state index contributed by atoms with van der Waals surface area (Å²) in [5, 5.41) is 0. The second-order valence-corrected chi connectivity index (χ2v) is 5.82. The van der Waals surface area contributed by atoms with E-state index in [1.165, 1.54) is 0 Å². The second-order valence-electron chi connectivity index (χ2n) is 5.82. The van der Waals surface area contributed by atoms with Gasteiger partial charge in [-0.15, -0.1) is 0 Å². The predicted molar refractivity (Wildman–Crippen MR) is 78.4 cm³/mol. The van der Waals surface area contributed by atoms with Crippen molar-refractivity contribution in [2.24, 2.45) is 5.92 Å². The molecule has 0 aromatic carbocycles. The average molecular weight is 295 g/mol. The summed E-state index contributed by atoms with van der Waals surface area (Å²) in [6.45, 7) is 8.90. The van der Waals surface area contributed by atoms with Crippen molar-refractivity contribution >= 4 is 5.97 Å². The number of aromatic nitrogens is 1. The maximum Gasteiger partial charge on any atom is 0.376 e. The van der Waals surface area contributed by atoms with E-state index in [4.69, 9.17) is 13.9 Å². The van der Waals surface area contributed by atoms with Crippen molar-refractivity contribution in [1.29, 1.82) is 0 Å². The fourth-order valence-electron chi connectivity index (χ4n) is 2.66. The van der Waals surface area contributed by atoms with Crippen LogP contribution in [0.2, 0.25) is 0 Å². The zero-order valence-electron chi connectivity index (χ0n) is 13.3. The standard InChI is InChI=1S/C16H25NO4/c1-5-19-12-7-11(8-12)9-13-17-14(10(3)4)15(21-13)16(18)20-6-2/h10-12H,5-9H2,1-4H3. The molecule has 0 N–H and O–H groups in total. The Morgan fingerprint density at radius 1 is 1.33 bits per heavy atom. The Bertz CT molecular complexity index is 475. The fraction of sp³-hybridized carbons (Fsp3) is 0.750. The topological polar surface area (TPSA) is 61.6 Å². The Morgan fingerprint density at radius 3 is 2.62 bits per heavy atom. The number of esters is 1. The van der Waals surface area contributed by atoms with Crippen LogP contribution >= 0.6 is 0 Å². The molecule has 0 unspecified atom stereocenters. The Balaban J connectivity index is 2.01. The molecule has 1 fully saturated rings. The lowest BCUT2D eigenvalue weighted by Crippen LogP contribution is -2.32. The van der Waals surface area contributed by atoms with Gasteiger partial charge in [0.05, 0.1) is 18.4 Å². The largest absolute Gasteiger partial charge is 0.460 e. The lowest BCUT2D eigenvalue weighted by molar-refractivity contribution is -0.0256. The Morgan fingerprint density at radius 2 is 2.05 bits per heavy atom. The van der Waals surface area contributed by atoms with Crippen molar-refractivity contribution in [3.8, 4) is 0 Å². The highest BCUT2D eigenvalue weighted by Gasteiger charge is 2.32. The van der Waals surface area contributed by atoms with Gasteiger partial charge >= 0.3 is 5.97 Å². The van der Waals surface area contributed by atoms with Crippen molar-refractivity contribution in [2.75, 3.05) is 13.2 Å². The summed E-state index contributed by atoms with van der Waals surface area (Å²) in [5.74, 6) is 1.17. The third kappa shape index (κ3) is 3.84. The monoisotopic (exact) mass is 295 g/mol. The van der Waals surface area contributed by atoms with Gasteiger partial charge < -0.3 is 13.9 Å². The van der Waals surface area contributed by atoms with E-state index in [1.54, 1.807) is 6.92 Å². The van der Waals surface area contributed by atoms with E-state index in [1.807, 2.05) is 20.8 Å². The molecule has 1 aromatic rings. The average Bonchev–Trinajstić information content (AvgIpc) is 2.81. The molecule has 1 heterocycles. The van der Waals surface area contributed by atoms with E-state index >= 15 is 0 Å². The third-order valence-electron chi connectivity index (χ3n) is 3.76. The van der Waals surface area contributed by atoms with E-state index < -0.39 is 5.97 Å². The molecule has 1 aliphatic rings. The van der Waals surface area contributed by atoms with Crippen molar-refractivity contribution in [3.05, 3.63) is 17.3 Å². The number of ether oxygens (including phenoxy) is 2. The minimum atomic E-state index is -0.416. The fourth-order valence-corrected chi connectivity index (χ4v) is 2.66. The Labute approximate surface area is 126 Å². The van der Waals surface area contributed by atoms with Crippen LogP contribution in [0, 0.1) is 5.92 Å². The number of carbonyl (C=O) groups excluding carboxylic acids is 1. The molecule has 0 atom stereocenters. The minimum Gasteiger partial charge on any atom is -0.460 e. The van der Waals surface area contributed by atoms with Crippen LogP contribution in [0.4, 0.5) is 0 Å². The Hall–Kier alpha value is -1.36. The molecule has 5 heteroatoms. The maximum atomic E-state index is 11.9. The Kier molecular flexibility index (Phi) is 5.39. The number of hydrogen-bond donors (Lipinski definition) is 0. The molecule has 118 valence electrons. The van der Waals surface area contributed by atoms with E-state index in [0.717, 1.165) is 25.9 Å². The second kappa shape index (κ2) is 7.07. The summed E-state index contributed by atoms with van der Waals surface area (Å²) in [6.07, 6.45) is 3.23. The van der Waals surface area contributed by atoms with Crippen molar-refractivity contribution in [3.63, 3.8) is 0 Å². The molecule has 5 nitrogen and oxygen atoms in total. The van der Waals surface area contributed by atoms with Crippen LogP contribution in [0.25, 0.3) is 0 Å². The van der Waals surface area contributed by atoms with Crippen molar-refractivity contribution < 1.29 is 18.7 Å². The molecular weight excluding hydrogens is 270 g/mol. The molecule has 0 spiro atoms. The van der Waals surface area contributed by atoms with Gasteiger partial charge in [0.25, 0.3) is 0 Å². The van der Waals surface area contributed by atoms with Crippen LogP contribution in [0.3, 0.4) is 0 Å². The highest BCUT2D eigenvalue weighted by Crippen LogP contribution is 2.33. The molecule has 0 bridgehead atoms. The molecule has 1 saturated carbocycles. The van der Waals surface area contributed by atoms with E-state index in [0.29, 0.717) is 30.2 Å². The first kappa shape index (κ1) is 16.0. The SMILES string of the molecule is CCOC(=O)c1oc(CC2CC(OCC)C2)nc1C(C)C. The molecule has 1 aromatic heterocycles. The van der Waals surface area contributed by atoms with Crippen LogP contribution in [0.5, 0.6) is 0 Å². The van der Waals surface area contributed by atoms with E-state index in [2.05, 4.69) is 4.98 Å². The molecule has 21 heavy (non-hydrogen) atoms. The van der Waals surface area contributed by atoms with Crippen molar-refractivity contribution in [1.82, 2.24) is 4.98 Å². The number of nitrogens with zero attached hydrogens (tertiary/aromatic N) is 1. The molecule has 0 radical (unpaired) electrons.